The van der Waals surface area contributed by atoms with E-state index in [1.54, 1.807) is 0 Å². The van der Waals surface area contributed by atoms with E-state index in [0.29, 0.717) is 0 Å². The van der Waals surface area contributed by atoms with Crippen LogP contribution in [0.3, 0.4) is 0 Å². The number of hydrogen-bond acceptors (Lipinski definition) is 2. The molecule has 0 aliphatic heterocycles. The van der Waals surface area contributed by atoms with Crippen molar-refractivity contribution in [3.8, 4) is 0 Å². The van der Waals surface area contributed by atoms with Crippen molar-refractivity contribution in [2.75, 3.05) is 18.0 Å². The molecule has 1 saturated carbocycles. The van der Waals surface area contributed by atoms with Crippen molar-refractivity contribution >= 4 is 5.69 Å². The van der Waals surface area contributed by atoms with Crippen molar-refractivity contribution in [1.29, 1.82) is 0 Å². The maximum atomic E-state index is 3.71. The van der Waals surface area contributed by atoms with Crippen LogP contribution in [0, 0.1) is 5.92 Å². The predicted molar refractivity (Wildman–Crippen MR) is 83.6 cm³/mol. The van der Waals surface area contributed by atoms with Crippen LogP contribution in [0.5, 0.6) is 0 Å². The second kappa shape index (κ2) is 6.95. The van der Waals surface area contributed by atoms with Crippen LogP contribution in [0.25, 0.3) is 0 Å². The Morgan fingerprint density at radius 1 is 1.11 bits per heavy atom. The largest absolute Gasteiger partial charge is 0.372 e. The Bertz CT molecular complexity index is 367. The third kappa shape index (κ3) is 3.73. The minimum Gasteiger partial charge on any atom is -0.372 e. The second-order valence-corrected chi connectivity index (χ2v) is 5.73. The van der Waals surface area contributed by atoms with E-state index in [9.17, 15) is 0 Å². The summed E-state index contributed by atoms with van der Waals surface area (Å²) in [5.74, 6) is 0.843. The molecule has 2 unspecified atom stereocenters. The standard InChI is InChI=1S/C17H28N2/c1-4-19(5-2)16-11-9-15(10-12-16)13-18-17-8-6-7-14(17)3/h9-12,14,17-18H,4-8,13H2,1-3H3. The average molecular weight is 260 g/mol. The number of nitrogens with zero attached hydrogens (tertiary/aromatic N) is 1. The molecular weight excluding hydrogens is 232 g/mol. The van der Waals surface area contributed by atoms with Gasteiger partial charge in [0.2, 0.25) is 0 Å². The second-order valence-electron chi connectivity index (χ2n) is 5.73. The molecule has 19 heavy (non-hydrogen) atoms. The molecule has 106 valence electrons. The van der Waals surface area contributed by atoms with Gasteiger partial charge in [0.25, 0.3) is 0 Å². The average Bonchev–Trinajstić information content (AvgIpc) is 2.85. The first-order valence-electron chi connectivity index (χ1n) is 7.81. The van der Waals surface area contributed by atoms with Crippen molar-refractivity contribution in [3.05, 3.63) is 29.8 Å². The number of anilines is 1. The maximum Gasteiger partial charge on any atom is 0.0366 e. The van der Waals surface area contributed by atoms with Gasteiger partial charge in [-0.3, -0.25) is 0 Å². The molecular formula is C17H28N2. The summed E-state index contributed by atoms with van der Waals surface area (Å²) in [6, 6.07) is 9.76. The highest BCUT2D eigenvalue weighted by atomic mass is 15.1. The lowest BCUT2D eigenvalue weighted by Crippen LogP contribution is -2.30. The molecule has 1 aliphatic rings. The quantitative estimate of drug-likeness (QED) is 0.836. The third-order valence-corrected chi connectivity index (χ3v) is 4.49. The molecule has 0 bridgehead atoms. The van der Waals surface area contributed by atoms with Crippen molar-refractivity contribution < 1.29 is 0 Å². The molecule has 0 spiro atoms. The summed E-state index contributed by atoms with van der Waals surface area (Å²) in [5, 5.41) is 3.71. The van der Waals surface area contributed by atoms with Crippen molar-refractivity contribution in [2.24, 2.45) is 5.92 Å². The molecule has 2 nitrogen and oxygen atoms in total. The van der Waals surface area contributed by atoms with Crippen LogP contribution in [0.15, 0.2) is 24.3 Å². The maximum absolute atomic E-state index is 3.71. The van der Waals surface area contributed by atoms with E-state index in [4.69, 9.17) is 0 Å². The fraction of sp³-hybridized carbons (Fsp3) is 0.647. The Hall–Kier alpha value is -1.02. The van der Waals surface area contributed by atoms with Gasteiger partial charge in [0.1, 0.15) is 0 Å². The van der Waals surface area contributed by atoms with E-state index in [-0.39, 0.29) is 0 Å². The van der Waals surface area contributed by atoms with Crippen molar-refractivity contribution in [3.63, 3.8) is 0 Å². The number of rotatable bonds is 6. The molecule has 2 heteroatoms. The van der Waals surface area contributed by atoms with Gasteiger partial charge in [-0.15, -0.1) is 0 Å². The summed E-state index contributed by atoms with van der Waals surface area (Å²) < 4.78 is 0. The fourth-order valence-corrected chi connectivity index (χ4v) is 3.11. The van der Waals surface area contributed by atoms with Gasteiger partial charge in [-0.05, 0) is 50.3 Å². The van der Waals surface area contributed by atoms with Crippen LogP contribution in [-0.2, 0) is 6.54 Å². The lowest BCUT2D eigenvalue weighted by Gasteiger charge is -2.21. The van der Waals surface area contributed by atoms with Gasteiger partial charge >= 0.3 is 0 Å². The summed E-state index contributed by atoms with van der Waals surface area (Å²) in [6.07, 6.45) is 4.12. The highest BCUT2D eigenvalue weighted by Gasteiger charge is 2.22. The van der Waals surface area contributed by atoms with Crippen LogP contribution in [0.4, 0.5) is 5.69 Å². The molecule has 1 aromatic carbocycles. The fourth-order valence-electron chi connectivity index (χ4n) is 3.11. The molecule has 0 saturated heterocycles. The van der Waals surface area contributed by atoms with Gasteiger partial charge in [-0.2, -0.15) is 0 Å². The topological polar surface area (TPSA) is 15.3 Å². The number of nitrogens with one attached hydrogen (secondary N) is 1. The molecule has 0 radical (unpaired) electrons. The minimum atomic E-state index is 0.724. The summed E-state index contributed by atoms with van der Waals surface area (Å²) in [4.78, 5) is 2.39. The first-order valence-corrected chi connectivity index (χ1v) is 7.81. The zero-order valence-corrected chi connectivity index (χ0v) is 12.7. The van der Waals surface area contributed by atoms with Crippen molar-refractivity contribution in [1.82, 2.24) is 5.32 Å². The number of benzene rings is 1. The third-order valence-electron chi connectivity index (χ3n) is 4.49. The predicted octanol–water partition coefficient (Wildman–Crippen LogP) is 3.81. The van der Waals surface area contributed by atoms with Gasteiger partial charge in [0.05, 0.1) is 0 Å². The highest BCUT2D eigenvalue weighted by Crippen LogP contribution is 2.25. The minimum absolute atomic E-state index is 0.724. The lowest BCUT2D eigenvalue weighted by atomic mass is 10.1. The molecule has 1 fully saturated rings. The lowest BCUT2D eigenvalue weighted by molar-refractivity contribution is 0.426. The Labute approximate surface area is 118 Å². The van der Waals surface area contributed by atoms with E-state index >= 15 is 0 Å². The van der Waals surface area contributed by atoms with Gasteiger partial charge < -0.3 is 10.2 Å². The van der Waals surface area contributed by atoms with Crippen LogP contribution in [0.2, 0.25) is 0 Å². The SMILES string of the molecule is CCN(CC)c1ccc(CNC2CCCC2C)cc1. The summed E-state index contributed by atoms with van der Waals surface area (Å²) in [5.41, 5.74) is 2.73. The molecule has 0 heterocycles. The zero-order chi connectivity index (χ0) is 13.7. The Balaban J connectivity index is 1.88. The van der Waals surface area contributed by atoms with E-state index in [0.717, 1.165) is 31.6 Å². The molecule has 2 atom stereocenters. The van der Waals surface area contributed by atoms with Gasteiger partial charge in [0.15, 0.2) is 0 Å². The smallest absolute Gasteiger partial charge is 0.0366 e. The summed E-state index contributed by atoms with van der Waals surface area (Å²) >= 11 is 0. The normalized spacial score (nSPS) is 22.7. The van der Waals surface area contributed by atoms with E-state index in [2.05, 4.69) is 55.3 Å². The molecule has 0 amide bonds. The van der Waals surface area contributed by atoms with E-state index in [1.807, 2.05) is 0 Å². The molecule has 1 N–H and O–H groups in total. The van der Waals surface area contributed by atoms with Crippen LogP contribution in [0.1, 0.15) is 45.6 Å². The van der Waals surface area contributed by atoms with Crippen LogP contribution in [-0.4, -0.2) is 19.1 Å². The van der Waals surface area contributed by atoms with E-state index < -0.39 is 0 Å². The molecule has 2 rings (SSSR count). The first-order chi connectivity index (χ1) is 9.24. The molecule has 1 aliphatic carbocycles. The number of hydrogen-bond donors (Lipinski definition) is 1. The molecule has 0 aromatic heterocycles. The van der Waals surface area contributed by atoms with Crippen LogP contribution < -0.4 is 10.2 Å². The Morgan fingerprint density at radius 3 is 2.32 bits per heavy atom. The Kier molecular flexibility index (Phi) is 5.26. The van der Waals surface area contributed by atoms with Gasteiger partial charge in [-0.1, -0.05) is 25.5 Å². The Morgan fingerprint density at radius 2 is 1.79 bits per heavy atom. The summed E-state index contributed by atoms with van der Waals surface area (Å²) in [7, 11) is 0. The first kappa shape index (κ1) is 14.4. The molecule has 1 aromatic rings. The van der Waals surface area contributed by atoms with Gasteiger partial charge in [0, 0.05) is 31.4 Å². The van der Waals surface area contributed by atoms with Gasteiger partial charge in [-0.25, -0.2) is 0 Å². The zero-order valence-electron chi connectivity index (χ0n) is 12.7. The monoisotopic (exact) mass is 260 g/mol. The van der Waals surface area contributed by atoms with E-state index in [1.165, 1.54) is 30.5 Å². The van der Waals surface area contributed by atoms with Crippen molar-refractivity contribution in [2.45, 2.75) is 52.6 Å². The highest BCUT2D eigenvalue weighted by molar-refractivity contribution is 5.47. The van der Waals surface area contributed by atoms with Crippen LogP contribution >= 0.6 is 0 Å². The summed E-state index contributed by atoms with van der Waals surface area (Å²) in [6.45, 7) is 9.95.